The van der Waals surface area contributed by atoms with Crippen LogP contribution in [0.15, 0.2) is 54.6 Å². The Morgan fingerprint density at radius 2 is 1.81 bits per heavy atom. The number of phenols is 1. The van der Waals surface area contributed by atoms with Crippen molar-refractivity contribution in [1.29, 1.82) is 0 Å². The van der Waals surface area contributed by atoms with E-state index in [4.69, 9.17) is 9.88 Å². The highest BCUT2D eigenvalue weighted by atomic mass is 32.2. The Kier molecular flexibility index (Phi) is 4.93. The Hall–Kier alpha value is -3.24. The maximum absolute atomic E-state index is 14.1. The van der Waals surface area contributed by atoms with Crippen LogP contribution in [0, 0.1) is 11.6 Å². The van der Waals surface area contributed by atoms with Crippen LogP contribution in [0.5, 0.6) is 17.4 Å². The van der Waals surface area contributed by atoms with E-state index in [0.29, 0.717) is 0 Å². The van der Waals surface area contributed by atoms with Crippen molar-refractivity contribution in [1.82, 2.24) is 4.98 Å². The second kappa shape index (κ2) is 7.17. The predicted octanol–water partition coefficient (Wildman–Crippen LogP) is 3.14. The van der Waals surface area contributed by atoms with Crippen molar-refractivity contribution in [3.63, 3.8) is 0 Å². The largest absolute Gasteiger partial charge is 0.505 e. The van der Waals surface area contributed by atoms with E-state index in [1.807, 2.05) is 4.72 Å². The molecular formula is C17H13F2N3O4S. The first-order chi connectivity index (χ1) is 12.7. The van der Waals surface area contributed by atoms with Gasteiger partial charge in [0.25, 0.3) is 10.2 Å². The van der Waals surface area contributed by atoms with Gasteiger partial charge in [0.15, 0.2) is 11.6 Å². The molecular weight excluding hydrogens is 380 g/mol. The summed E-state index contributed by atoms with van der Waals surface area (Å²) in [4.78, 5) is 4.14. The summed E-state index contributed by atoms with van der Waals surface area (Å²) in [6.45, 7) is 0. The third-order valence-electron chi connectivity index (χ3n) is 3.39. The van der Waals surface area contributed by atoms with Crippen molar-refractivity contribution in [3.05, 3.63) is 66.2 Å². The molecule has 10 heteroatoms. The van der Waals surface area contributed by atoms with E-state index in [-0.39, 0.29) is 22.9 Å². The van der Waals surface area contributed by atoms with Gasteiger partial charge in [0, 0.05) is 17.7 Å². The molecule has 3 rings (SSSR count). The van der Waals surface area contributed by atoms with E-state index in [9.17, 15) is 22.3 Å². The van der Waals surface area contributed by atoms with Crippen molar-refractivity contribution in [2.45, 2.75) is 0 Å². The van der Waals surface area contributed by atoms with Crippen LogP contribution in [0.2, 0.25) is 0 Å². The Bertz CT molecular complexity index is 1110. The molecule has 0 saturated heterocycles. The molecule has 0 fully saturated rings. The van der Waals surface area contributed by atoms with E-state index in [2.05, 4.69) is 4.98 Å². The van der Waals surface area contributed by atoms with Crippen molar-refractivity contribution in [2.75, 3.05) is 4.72 Å². The van der Waals surface area contributed by atoms with Gasteiger partial charge in [-0.15, -0.1) is 0 Å². The van der Waals surface area contributed by atoms with Crippen LogP contribution in [0.1, 0.15) is 0 Å². The summed E-state index contributed by atoms with van der Waals surface area (Å²) < 4.78 is 57.2. The van der Waals surface area contributed by atoms with Crippen molar-refractivity contribution in [3.8, 4) is 28.6 Å². The first-order valence-electron chi connectivity index (χ1n) is 7.46. The van der Waals surface area contributed by atoms with E-state index < -0.39 is 33.3 Å². The third-order valence-corrected chi connectivity index (χ3v) is 3.89. The zero-order valence-corrected chi connectivity index (χ0v) is 14.4. The molecule has 0 aliphatic heterocycles. The number of phenolic OH excluding ortho intramolecular Hbond substituents is 1. The lowest BCUT2D eigenvalue weighted by molar-refractivity contribution is 0.433. The number of aromatic hydroxyl groups is 1. The number of nitrogens with two attached hydrogens (primary N) is 1. The molecule has 0 bridgehead atoms. The monoisotopic (exact) mass is 393 g/mol. The van der Waals surface area contributed by atoms with Crippen LogP contribution >= 0.6 is 0 Å². The van der Waals surface area contributed by atoms with Gasteiger partial charge in [0.1, 0.15) is 11.6 Å². The number of nitrogens with zero attached hydrogens (tertiary/aromatic N) is 1. The molecule has 0 aliphatic rings. The normalized spacial score (nSPS) is 11.2. The number of ether oxygens (including phenoxy) is 1. The third kappa shape index (κ3) is 4.49. The molecule has 0 atom stereocenters. The van der Waals surface area contributed by atoms with Gasteiger partial charge in [-0.05, 0) is 30.3 Å². The molecule has 1 heterocycles. The summed E-state index contributed by atoms with van der Waals surface area (Å²) in [7, 11) is -4.17. The molecule has 1 aromatic heterocycles. The van der Waals surface area contributed by atoms with Crippen molar-refractivity contribution >= 4 is 15.9 Å². The molecule has 4 N–H and O–H groups in total. The molecule has 27 heavy (non-hydrogen) atoms. The topological polar surface area (TPSA) is 115 Å². The second-order valence-corrected chi connectivity index (χ2v) is 6.68. The van der Waals surface area contributed by atoms with Gasteiger partial charge in [-0.3, -0.25) is 4.72 Å². The van der Waals surface area contributed by atoms with Crippen molar-refractivity contribution in [2.24, 2.45) is 5.14 Å². The maximum Gasteiger partial charge on any atom is 0.296 e. The molecule has 0 amide bonds. The van der Waals surface area contributed by atoms with Crippen LogP contribution in [0.4, 0.5) is 14.5 Å². The summed E-state index contributed by atoms with van der Waals surface area (Å²) in [6, 6.07) is 12.0. The highest BCUT2D eigenvalue weighted by Crippen LogP contribution is 2.30. The standard InChI is InChI=1S/C17H13F2N3O4S/c18-12-8-7-10(9-14(12)22-27(20,24)25)26-16-6-2-4-13(21-16)11-3-1-5-15(23)17(11)19/h1-9,22-23H,(H2,20,24,25). The maximum atomic E-state index is 14.1. The van der Waals surface area contributed by atoms with Crippen LogP contribution in [-0.2, 0) is 10.2 Å². The number of aromatic nitrogens is 1. The Morgan fingerprint density at radius 3 is 2.56 bits per heavy atom. The SMILES string of the molecule is NS(=O)(=O)Nc1cc(Oc2cccc(-c3cccc(O)c3F)n2)ccc1F. The molecule has 0 unspecified atom stereocenters. The van der Waals surface area contributed by atoms with Gasteiger partial charge in [-0.1, -0.05) is 12.1 Å². The van der Waals surface area contributed by atoms with E-state index >= 15 is 0 Å². The summed E-state index contributed by atoms with van der Waals surface area (Å²) >= 11 is 0. The first-order valence-corrected chi connectivity index (χ1v) is 9.00. The van der Waals surface area contributed by atoms with Crippen LogP contribution in [-0.4, -0.2) is 18.5 Å². The number of rotatable bonds is 5. The van der Waals surface area contributed by atoms with E-state index in [1.54, 1.807) is 6.07 Å². The number of hydrogen-bond donors (Lipinski definition) is 3. The van der Waals surface area contributed by atoms with E-state index in [1.165, 1.54) is 36.4 Å². The average molecular weight is 393 g/mol. The Labute approximate surface area is 153 Å². The second-order valence-electron chi connectivity index (χ2n) is 5.39. The summed E-state index contributed by atoms with van der Waals surface area (Å²) in [5, 5.41) is 14.3. The Morgan fingerprint density at radius 1 is 1.07 bits per heavy atom. The lowest BCUT2D eigenvalue weighted by atomic mass is 10.1. The number of hydrogen-bond acceptors (Lipinski definition) is 5. The molecule has 140 valence electrons. The first kappa shape index (κ1) is 18.5. The number of benzene rings is 2. The molecule has 0 saturated carbocycles. The Balaban J connectivity index is 1.91. The highest BCUT2D eigenvalue weighted by molar-refractivity contribution is 7.90. The highest BCUT2D eigenvalue weighted by Gasteiger charge is 2.13. The van der Waals surface area contributed by atoms with Gasteiger partial charge in [0.2, 0.25) is 5.88 Å². The lowest BCUT2D eigenvalue weighted by Crippen LogP contribution is -2.22. The summed E-state index contributed by atoms with van der Waals surface area (Å²) in [5.74, 6) is -2.08. The van der Waals surface area contributed by atoms with Gasteiger partial charge in [-0.2, -0.15) is 8.42 Å². The fraction of sp³-hybridized carbons (Fsp3) is 0. The minimum absolute atomic E-state index is 0.0448. The fourth-order valence-corrected chi connectivity index (χ4v) is 2.72. The van der Waals surface area contributed by atoms with E-state index in [0.717, 1.165) is 12.1 Å². The van der Waals surface area contributed by atoms with Gasteiger partial charge < -0.3 is 9.84 Å². The molecule has 0 spiro atoms. The molecule has 0 radical (unpaired) electrons. The molecule has 2 aromatic carbocycles. The number of pyridine rings is 1. The van der Waals surface area contributed by atoms with Crippen LogP contribution in [0.3, 0.4) is 0 Å². The molecule has 0 aliphatic carbocycles. The summed E-state index contributed by atoms with van der Waals surface area (Å²) in [5.41, 5.74) is -0.132. The minimum atomic E-state index is -4.17. The number of halogens is 2. The van der Waals surface area contributed by atoms with Gasteiger partial charge in [0.05, 0.1) is 11.4 Å². The minimum Gasteiger partial charge on any atom is -0.505 e. The van der Waals surface area contributed by atoms with Gasteiger partial charge >= 0.3 is 0 Å². The lowest BCUT2D eigenvalue weighted by Gasteiger charge is -2.10. The molecule has 7 nitrogen and oxygen atoms in total. The van der Waals surface area contributed by atoms with Crippen molar-refractivity contribution < 1.29 is 27.0 Å². The summed E-state index contributed by atoms with van der Waals surface area (Å²) in [6.07, 6.45) is 0. The predicted molar refractivity (Wildman–Crippen MR) is 94.5 cm³/mol. The molecule has 3 aromatic rings. The van der Waals surface area contributed by atoms with Crippen LogP contribution in [0.25, 0.3) is 11.3 Å². The number of nitrogens with one attached hydrogen (secondary N) is 1. The van der Waals surface area contributed by atoms with Gasteiger partial charge in [-0.25, -0.2) is 18.9 Å². The average Bonchev–Trinajstić information content (AvgIpc) is 2.59. The fourth-order valence-electron chi connectivity index (χ4n) is 2.26. The smallest absolute Gasteiger partial charge is 0.296 e. The zero-order valence-electron chi connectivity index (χ0n) is 13.6. The quantitative estimate of drug-likeness (QED) is 0.616. The zero-order chi connectivity index (χ0) is 19.6. The van der Waals surface area contributed by atoms with Crippen LogP contribution < -0.4 is 14.6 Å². The number of anilines is 1.